The smallest absolute Gasteiger partial charge is 0.243 e. The van der Waals surface area contributed by atoms with Gasteiger partial charge in [-0.3, -0.25) is 14.6 Å². The zero-order chi connectivity index (χ0) is 17.5. The number of aromatic nitrogens is 1. The largest absolute Gasteiger partial charge is 0.346 e. The van der Waals surface area contributed by atoms with Gasteiger partial charge in [-0.15, -0.1) is 24.8 Å². The number of benzene rings is 1. The molecule has 0 saturated heterocycles. The van der Waals surface area contributed by atoms with Crippen molar-refractivity contribution in [3.8, 4) is 11.3 Å². The second-order valence-corrected chi connectivity index (χ2v) is 5.83. The summed E-state index contributed by atoms with van der Waals surface area (Å²) in [6.45, 7) is 3.58. The van der Waals surface area contributed by atoms with Gasteiger partial charge in [-0.2, -0.15) is 0 Å². The predicted octanol–water partition coefficient (Wildman–Crippen LogP) is 2.63. The topological polar surface area (TPSA) is 97.1 Å². The summed E-state index contributed by atoms with van der Waals surface area (Å²) < 4.78 is 0. The second kappa shape index (κ2) is 11.5. The Kier molecular flexibility index (Phi) is 10.5. The van der Waals surface area contributed by atoms with Crippen LogP contribution in [0.4, 0.5) is 5.69 Å². The Morgan fingerprint density at radius 2 is 1.77 bits per heavy atom. The first kappa shape index (κ1) is 23.9. The SMILES string of the molecule is CC(C)[C@H](N)C(=O)NCC(=O)Nc1ccnc(-c2ccccc2)c1.Cl.Cl. The van der Waals surface area contributed by atoms with E-state index in [0.29, 0.717) is 5.69 Å². The highest BCUT2D eigenvalue weighted by molar-refractivity contribution is 5.95. The lowest BCUT2D eigenvalue weighted by atomic mass is 10.1. The molecule has 0 saturated carbocycles. The number of pyridine rings is 1. The molecule has 26 heavy (non-hydrogen) atoms. The minimum Gasteiger partial charge on any atom is -0.346 e. The van der Waals surface area contributed by atoms with Crippen LogP contribution in [0.25, 0.3) is 11.3 Å². The molecule has 1 heterocycles. The van der Waals surface area contributed by atoms with Crippen LogP contribution in [0.15, 0.2) is 48.7 Å². The molecule has 4 N–H and O–H groups in total. The molecule has 0 unspecified atom stereocenters. The lowest BCUT2D eigenvalue weighted by Crippen LogP contribution is -2.46. The molecule has 0 fully saturated rings. The van der Waals surface area contributed by atoms with Gasteiger partial charge in [-0.25, -0.2) is 0 Å². The fourth-order valence-corrected chi connectivity index (χ4v) is 2.07. The van der Waals surface area contributed by atoms with Crippen LogP contribution in [-0.2, 0) is 9.59 Å². The minimum absolute atomic E-state index is 0. The number of carbonyl (C=O) groups excluding carboxylic acids is 2. The minimum atomic E-state index is -0.622. The van der Waals surface area contributed by atoms with Crippen LogP contribution in [0.2, 0.25) is 0 Å². The van der Waals surface area contributed by atoms with Gasteiger partial charge in [-0.05, 0) is 18.1 Å². The number of rotatable bonds is 6. The van der Waals surface area contributed by atoms with Crippen LogP contribution < -0.4 is 16.4 Å². The maximum Gasteiger partial charge on any atom is 0.243 e. The second-order valence-electron chi connectivity index (χ2n) is 5.83. The van der Waals surface area contributed by atoms with Gasteiger partial charge in [0.1, 0.15) is 0 Å². The van der Waals surface area contributed by atoms with Crippen LogP contribution in [0.1, 0.15) is 13.8 Å². The Hall–Kier alpha value is -2.15. The van der Waals surface area contributed by atoms with Crippen molar-refractivity contribution in [3.05, 3.63) is 48.7 Å². The standard InChI is InChI=1S/C18H22N4O2.2ClH/c1-12(2)17(19)18(24)21-11-16(23)22-14-8-9-20-15(10-14)13-6-4-3-5-7-13;;/h3-10,12,17H,11,19H2,1-2H3,(H,21,24)(H,20,22,23);2*1H/t17-;;/m0../s1. The molecule has 0 aliphatic carbocycles. The number of amides is 2. The van der Waals surface area contributed by atoms with Crippen molar-refractivity contribution < 1.29 is 9.59 Å². The summed E-state index contributed by atoms with van der Waals surface area (Å²) in [5.74, 6) is -0.633. The average molecular weight is 399 g/mol. The number of nitrogens with two attached hydrogens (primary N) is 1. The van der Waals surface area contributed by atoms with E-state index < -0.39 is 6.04 Å². The molecule has 6 nitrogen and oxygen atoms in total. The Labute approximate surface area is 165 Å². The molecule has 2 rings (SSSR count). The third-order valence-electron chi connectivity index (χ3n) is 3.56. The van der Waals surface area contributed by atoms with Crippen LogP contribution in [0.5, 0.6) is 0 Å². The van der Waals surface area contributed by atoms with Gasteiger partial charge in [0.15, 0.2) is 0 Å². The summed E-state index contributed by atoms with van der Waals surface area (Å²) in [5.41, 5.74) is 8.08. The van der Waals surface area contributed by atoms with E-state index >= 15 is 0 Å². The molecule has 1 aromatic carbocycles. The molecule has 1 atom stereocenters. The average Bonchev–Trinajstić information content (AvgIpc) is 2.60. The van der Waals surface area contributed by atoms with Gasteiger partial charge < -0.3 is 16.4 Å². The molecule has 0 radical (unpaired) electrons. The van der Waals surface area contributed by atoms with E-state index in [1.54, 1.807) is 18.3 Å². The number of nitrogens with one attached hydrogen (secondary N) is 2. The molecule has 0 bridgehead atoms. The fraction of sp³-hybridized carbons (Fsp3) is 0.278. The molecular weight excluding hydrogens is 375 g/mol. The quantitative estimate of drug-likeness (QED) is 0.696. The molecule has 0 spiro atoms. The van der Waals surface area contributed by atoms with Crippen LogP contribution in [0.3, 0.4) is 0 Å². The summed E-state index contributed by atoms with van der Waals surface area (Å²) >= 11 is 0. The molecule has 1 aromatic heterocycles. The Morgan fingerprint density at radius 1 is 1.12 bits per heavy atom. The third kappa shape index (κ3) is 7.00. The van der Waals surface area contributed by atoms with E-state index in [-0.39, 0.29) is 49.1 Å². The molecule has 0 aliphatic rings. The number of halogens is 2. The van der Waals surface area contributed by atoms with Gasteiger partial charge in [0, 0.05) is 17.4 Å². The van der Waals surface area contributed by atoms with E-state index in [2.05, 4.69) is 15.6 Å². The van der Waals surface area contributed by atoms with Crippen molar-refractivity contribution in [2.45, 2.75) is 19.9 Å². The molecular formula is C18H24Cl2N4O2. The molecule has 2 amide bonds. The van der Waals surface area contributed by atoms with Gasteiger partial charge >= 0.3 is 0 Å². The molecule has 0 aliphatic heterocycles. The summed E-state index contributed by atoms with van der Waals surface area (Å²) in [5, 5.41) is 5.28. The number of anilines is 1. The Bertz CT molecular complexity index is 711. The van der Waals surface area contributed by atoms with Crippen molar-refractivity contribution in [1.29, 1.82) is 0 Å². The first-order valence-corrected chi connectivity index (χ1v) is 7.82. The fourth-order valence-electron chi connectivity index (χ4n) is 2.07. The van der Waals surface area contributed by atoms with Gasteiger partial charge in [0.25, 0.3) is 0 Å². The van der Waals surface area contributed by atoms with Crippen molar-refractivity contribution >= 4 is 42.3 Å². The zero-order valence-electron chi connectivity index (χ0n) is 14.6. The maximum atomic E-state index is 12.0. The summed E-state index contributed by atoms with van der Waals surface area (Å²) in [6, 6.07) is 12.5. The van der Waals surface area contributed by atoms with Crippen LogP contribution >= 0.6 is 24.8 Å². The predicted molar refractivity (Wildman–Crippen MR) is 109 cm³/mol. The summed E-state index contributed by atoms with van der Waals surface area (Å²) in [4.78, 5) is 28.0. The van der Waals surface area contributed by atoms with Crippen LogP contribution in [0, 0.1) is 5.92 Å². The van der Waals surface area contributed by atoms with E-state index in [1.807, 2.05) is 44.2 Å². The van der Waals surface area contributed by atoms with Gasteiger partial charge in [-0.1, -0.05) is 44.2 Å². The lowest BCUT2D eigenvalue weighted by Gasteiger charge is -2.15. The highest BCUT2D eigenvalue weighted by Crippen LogP contribution is 2.19. The number of hydrogen-bond donors (Lipinski definition) is 3. The van der Waals surface area contributed by atoms with E-state index in [0.717, 1.165) is 11.3 Å². The summed E-state index contributed by atoms with van der Waals surface area (Å²) in [6.07, 6.45) is 1.63. The first-order chi connectivity index (χ1) is 11.5. The Morgan fingerprint density at radius 3 is 2.38 bits per heavy atom. The van der Waals surface area contributed by atoms with Crippen molar-refractivity contribution in [3.63, 3.8) is 0 Å². The lowest BCUT2D eigenvalue weighted by molar-refractivity contribution is -0.125. The van der Waals surface area contributed by atoms with E-state index in [4.69, 9.17) is 5.73 Å². The number of carbonyl (C=O) groups is 2. The van der Waals surface area contributed by atoms with E-state index in [9.17, 15) is 9.59 Å². The van der Waals surface area contributed by atoms with Gasteiger partial charge in [0.05, 0.1) is 18.3 Å². The normalized spacial score (nSPS) is 10.9. The zero-order valence-corrected chi connectivity index (χ0v) is 16.3. The first-order valence-electron chi connectivity index (χ1n) is 7.82. The summed E-state index contributed by atoms with van der Waals surface area (Å²) in [7, 11) is 0. The monoisotopic (exact) mass is 398 g/mol. The van der Waals surface area contributed by atoms with Crippen molar-refractivity contribution in [1.82, 2.24) is 10.3 Å². The third-order valence-corrected chi connectivity index (χ3v) is 3.56. The van der Waals surface area contributed by atoms with E-state index in [1.165, 1.54) is 0 Å². The number of hydrogen-bond acceptors (Lipinski definition) is 4. The molecule has 8 heteroatoms. The molecule has 2 aromatic rings. The highest BCUT2D eigenvalue weighted by atomic mass is 35.5. The number of nitrogens with zero attached hydrogens (tertiary/aromatic N) is 1. The van der Waals surface area contributed by atoms with Gasteiger partial charge in [0.2, 0.25) is 11.8 Å². The van der Waals surface area contributed by atoms with Crippen LogP contribution in [-0.4, -0.2) is 29.4 Å². The van der Waals surface area contributed by atoms with Crippen molar-refractivity contribution in [2.24, 2.45) is 11.7 Å². The van der Waals surface area contributed by atoms with Crippen molar-refractivity contribution in [2.75, 3.05) is 11.9 Å². The molecule has 142 valence electrons. The highest BCUT2D eigenvalue weighted by Gasteiger charge is 2.17. The Balaban J connectivity index is 0.00000312. The maximum absolute atomic E-state index is 12.0.